The first-order valence-corrected chi connectivity index (χ1v) is 12.1. The highest BCUT2D eigenvalue weighted by molar-refractivity contribution is 7.89. The number of aryl methyl sites for hydroxylation is 5. The molecule has 3 heterocycles. The maximum absolute atomic E-state index is 13.4. The summed E-state index contributed by atoms with van der Waals surface area (Å²) >= 11 is 0. The summed E-state index contributed by atoms with van der Waals surface area (Å²) in [5.41, 5.74) is 4.31. The standard InChI is InChI=1S/C23H29N5O3S/c1-16-6-9-21(17(2)14-16)32(30,31)27-12-10-26(11-13-27)23(29)20-15-24-25(5)22(20)28-18(3)7-8-19(28)4/h6-9,14-15H,10-13H2,1-5H3. The Labute approximate surface area is 189 Å². The Morgan fingerprint density at radius 3 is 2.16 bits per heavy atom. The van der Waals surface area contributed by atoms with Crippen LogP contribution in [0, 0.1) is 27.7 Å². The minimum atomic E-state index is -3.60. The van der Waals surface area contributed by atoms with E-state index in [4.69, 9.17) is 0 Å². The minimum Gasteiger partial charge on any atom is -0.336 e. The van der Waals surface area contributed by atoms with E-state index in [0.29, 0.717) is 23.5 Å². The number of piperazine rings is 1. The summed E-state index contributed by atoms with van der Waals surface area (Å²) in [5.74, 6) is 0.587. The van der Waals surface area contributed by atoms with Crippen LogP contribution in [0.4, 0.5) is 0 Å². The molecule has 0 saturated carbocycles. The number of carbonyl (C=O) groups is 1. The van der Waals surface area contributed by atoms with Gasteiger partial charge in [0.25, 0.3) is 5.91 Å². The van der Waals surface area contributed by atoms with Gasteiger partial charge in [0, 0.05) is 44.6 Å². The molecule has 0 N–H and O–H groups in total. The Morgan fingerprint density at radius 1 is 0.938 bits per heavy atom. The quantitative estimate of drug-likeness (QED) is 0.606. The third kappa shape index (κ3) is 3.75. The molecule has 170 valence electrons. The summed E-state index contributed by atoms with van der Waals surface area (Å²) in [4.78, 5) is 15.4. The van der Waals surface area contributed by atoms with Crippen LogP contribution in [0.5, 0.6) is 0 Å². The first-order chi connectivity index (χ1) is 15.1. The van der Waals surface area contributed by atoms with Gasteiger partial charge in [-0.05, 0) is 51.5 Å². The van der Waals surface area contributed by atoms with Gasteiger partial charge in [0.2, 0.25) is 10.0 Å². The first-order valence-electron chi connectivity index (χ1n) is 10.6. The number of carbonyl (C=O) groups excluding carboxylic acids is 1. The zero-order valence-corrected chi connectivity index (χ0v) is 20.0. The molecular weight excluding hydrogens is 426 g/mol. The number of benzene rings is 1. The van der Waals surface area contributed by atoms with Crippen LogP contribution in [0.2, 0.25) is 0 Å². The highest BCUT2D eigenvalue weighted by Gasteiger charge is 2.32. The van der Waals surface area contributed by atoms with E-state index in [1.165, 1.54) is 4.31 Å². The van der Waals surface area contributed by atoms with E-state index in [2.05, 4.69) is 5.10 Å². The lowest BCUT2D eigenvalue weighted by atomic mass is 10.2. The lowest BCUT2D eigenvalue weighted by Gasteiger charge is -2.34. The van der Waals surface area contributed by atoms with E-state index in [9.17, 15) is 13.2 Å². The lowest BCUT2D eigenvalue weighted by Crippen LogP contribution is -2.50. The van der Waals surface area contributed by atoms with Crippen LogP contribution in [-0.2, 0) is 17.1 Å². The molecule has 2 aromatic heterocycles. The van der Waals surface area contributed by atoms with Crippen LogP contribution >= 0.6 is 0 Å². The predicted molar refractivity (Wildman–Crippen MR) is 123 cm³/mol. The summed E-state index contributed by atoms with van der Waals surface area (Å²) in [7, 11) is -1.78. The second-order valence-corrected chi connectivity index (χ2v) is 10.3. The monoisotopic (exact) mass is 455 g/mol. The van der Waals surface area contributed by atoms with Crippen LogP contribution < -0.4 is 0 Å². The summed E-state index contributed by atoms with van der Waals surface area (Å²) in [6.45, 7) is 8.93. The molecule has 0 aliphatic carbocycles. The van der Waals surface area contributed by atoms with E-state index in [1.54, 1.807) is 21.8 Å². The predicted octanol–water partition coefficient (Wildman–Crippen LogP) is 2.59. The number of aromatic nitrogens is 3. The summed E-state index contributed by atoms with van der Waals surface area (Å²) in [5, 5.41) is 4.32. The molecule has 1 fully saturated rings. The fraction of sp³-hybridized carbons (Fsp3) is 0.391. The topological polar surface area (TPSA) is 80.4 Å². The van der Waals surface area contributed by atoms with Crippen LogP contribution in [0.15, 0.2) is 41.4 Å². The van der Waals surface area contributed by atoms with Gasteiger partial charge < -0.3 is 9.47 Å². The molecule has 1 aromatic carbocycles. The number of amides is 1. The zero-order chi connectivity index (χ0) is 23.2. The summed E-state index contributed by atoms with van der Waals surface area (Å²) in [6, 6.07) is 9.37. The van der Waals surface area contributed by atoms with Gasteiger partial charge in [0.15, 0.2) is 0 Å². The second kappa shape index (κ2) is 8.22. The van der Waals surface area contributed by atoms with E-state index in [-0.39, 0.29) is 19.0 Å². The van der Waals surface area contributed by atoms with Crippen molar-refractivity contribution in [1.29, 1.82) is 0 Å². The van der Waals surface area contributed by atoms with E-state index in [1.807, 2.05) is 63.6 Å². The lowest BCUT2D eigenvalue weighted by molar-refractivity contribution is 0.0697. The molecule has 1 aliphatic heterocycles. The van der Waals surface area contributed by atoms with E-state index < -0.39 is 10.0 Å². The minimum absolute atomic E-state index is 0.135. The average molecular weight is 456 g/mol. The molecule has 1 saturated heterocycles. The number of hydrogen-bond acceptors (Lipinski definition) is 4. The Hall–Kier alpha value is -2.91. The molecule has 0 radical (unpaired) electrons. The number of hydrogen-bond donors (Lipinski definition) is 0. The van der Waals surface area contributed by atoms with Gasteiger partial charge in [0.1, 0.15) is 11.4 Å². The SMILES string of the molecule is Cc1ccc(S(=O)(=O)N2CCN(C(=O)c3cnn(C)c3-n3c(C)ccc3C)CC2)c(C)c1. The molecule has 4 rings (SSSR count). The highest BCUT2D eigenvalue weighted by Crippen LogP contribution is 2.24. The number of rotatable bonds is 4. The normalized spacial score (nSPS) is 15.3. The number of nitrogens with zero attached hydrogens (tertiary/aromatic N) is 5. The maximum Gasteiger partial charge on any atom is 0.259 e. The van der Waals surface area contributed by atoms with Gasteiger partial charge in [0.05, 0.1) is 11.1 Å². The molecule has 1 amide bonds. The smallest absolute Gasteiger partial charge is 0.259 e. The molecule has 32 heavy (non-hydrogen) atoms. The van der Waals surface area contributed by atoms with Crippen molar-refractivity contribution in [3.63, 3.8) is 0 Å². The van der Waals surface area contributed by atoms with Gasteiger partial charge >= 0.3 is 0 Å². The van der Waals surface area contributed by atoms with Crippen LogP contribution in [-0.4, -0.2) is 64.1 Å². The Bertz CT molecular complexity index is 1260. The van der Waals surface area contributed by atoms with Crippen molar-refractivity contribution in [2.24, 2.45) is 7.05 Å². The fourth-order valence-corrected chi connectivity index (χ4v) is 6.01. The fourth-order valence-electron chi connectivity index (χ4n) is 4.38. The molecular formula is C23H29N5O3S. The van der Waals surface area contributed by atoms with Gasteiger partial charge in [-0.1, -0.05) is 17.7 Å². The zero-order valence-electron chi connectivity index (χ0n) is 19.2. The molecule has 0 spiro atoms. The maximum atomic E-state index is 13.4. The van der Waals surface area contributed by atoms with Crippen molar-refractivity contribution in [1.82, 2.24) is 23.6 Å². The van der Waals surface area contributed by atoms with Crippen molar-refractivity contribution >= 4 is 15.9 Å². The van der Waals surface area contributed by atoms with Crippen molar-refractivity contribution in [2.75, 3.05) is 26.2 Å². The molecule has 1 aliphatic rings. The Morgan fingerprint density at radius 2 is 1.56 bits per heavy atom. The molecule has 0 bridgehead atoms. The molecule has 8 nitrogen and oxygen atoms in total. The van der Waals surface area contributed by atoms with E-state index in [0.717, 1.165) is 28.3 Å². The summed E-state index contributed by atoms with van der Waals surface area (Å²) < 4.78 is 31.5. The van der Waals surface area contributed by atoms with Crippen molar-refractivity contribution in [3.8, 4) is 5.82 Å². The largest absolute Gasteiger partial charge is 0.336 e. The molecule has 0 unspecified atom stereocenters. The average Bonchev–Trinajstić information content (AvgIpc) is 3.28. The molecule has 0 atom stereocenters. The third-order valence-corrected chi connectivity index (χ3v) is 8.15. The molecule has 9 heteroatoms. The van der Waals surface area contributed by atoms with E-state index >= 15 is 0 Å². The van der Waals surface area contributed by atoms with Crippen LogP contribution in [0.3, 0.4) is 0 Å². The summed E-state index contributed by atoms with van der Waals surface area (Å²) in [6.07, 6.45) is 1.59. The Kier molecular flexibility index (Phi) is 5.72. The third-order valence-electron chi connectivity index (χ3n) is 6.09. The second-order valence-electron chi connectivity index (χ2n) is 8.42. The van der Waals surface area contributed by atoms with Crippen molar-refractivity contribution < 1.29 is 13.2 Å². The van der Waals surface area contributed by atoms with Crippen LogP contribution in [0.1, 0.15) is 32.9 Å². The Balaban J connectivity index is 1.54. The van der Waals surface area contributed by atoms with Crippen LogP contribution in [0.25, 0.3) is 5.82 Å². The van der Waals surface area contributed by atoms with Gasteiger partial charge in [-0.2, -0.15) is 9.40 Å². The van der Waals surface area contributed by atoms with Crippen molar-refractivity contribution in [3.05, 3.63) is 64.6 Å². The first kappa shape index (κ1) is 22.3. The van der Waals surface area contributed by atoms with Crippen molar-refractivity contribution in [2.45, 2.75) is 32.6 Å². The number of sulfonamides is 1. The highest BCUT2D eigenvalue weighted by atomic mass is 32.2. The van der Waals surface area contributed by atoms with Gasteiger partial charge in [-0.25, -0.2) is 8.42 Å². The molecule has 3 aromatic rings. The van der Waals surface area contributed by atoms with Gasteiger partial charge in [-0.15, -0.1) is 0 Å². The van der Waals surface area contributed by atoms with Gasteiger partial charge in [-0.3, -0.25) is 9.48 Å².